The van der Waals surface area contributed by atoms with E-state index in [0.29, 0.717) is 17.9 Å². The van der Waals surface area contributed by atoms with Crippen LogP contribution in [0.4, 0.5) is 0 Å². The van der Waals surface area contributed by atoms with Crippen LogP contribution in [0.15, 0.2) is 27.8 Å². The molecule has 114 valence electrons. The number of aromatic amines is 1. The Kier molecular flexibility index (Phi) is 3.29. The fourth-order valence-corrected chi connectivity index (χ4v) is 2.68. The van der Waals surface area contributed by atoms with Crippen LogP contribution < -0.4 is 11.2 Å². The molecule has 0 unspecified atom stereocenters. The number of aryl methyl sites for hydroxylation is 2. The smallest absolute Gasteiger partial charge is 0.330 e. The summed E-state index contributed by atoms with van der Waals surface area (Å²) in [5.74, 6) is 0.321. The highest BCUT2D eigenvalue weighted by molar-refractivity contribution is 6.34. The second-order valence-electron chi connectivity index (χ2n) is 4.81. The van der Waals surface area contributed by atoms with Gasteiger partial charge in [0, 0.05) is 19.2 Å². The van der Waals surface area contributed by atoms with Crippen LogP contribution in [0.2, 0.25) is 5.02 Å². The van der Waals surface area contributed by atoms with Crippen LogP contribution in [0, 0.1) is 0 Å². The molecule has 2 aromatic heterocycles. The van der Waals surface area contributed by atoms with E-state index in [1.54, 1.807) is 30.7 Å². The van der Waals surface area contributed by atoms with Crippen LogP contribution >= 0.6 is 11.6 Å². The lowest BCUT2D eigenvalue weighted by atomic mass is 10.2. The molecule has 0 aliphatic rings. The number of fused-ring (bicyclic) bond motifs is 1. The summed E-state index contributed by atoms with van der Waals surface area (Å²) in [5.41, 5.74) is 0.0211. The van der Waals surface area contributed by atoms with Crippen molar-refractivity contribution in [2.75, 3.05) is 0 Å². The average Bonchev–Trinajstić information content (AvgIpc) is 2.80. The van der Waals surface area contributed by atoms with Crippen molar-refractivity contribution in [3.63, 3.8) is 0 Å². The van der Waals surface area contributed by atoms with Crippen molar-refractivity contribution in [2.45, 2.75) is 13.5 Å². The van der Waals surface area contributed by atoms with Crippen LogP contribution in [0.25, 0.3) is 22.6 Å². The molecule has 2 N–H and O–H groups in total. The number of H-pyrrole nitrogens is 1. The summed E-state index contributed by atoms with van der Waals surface area (Å²) >= 11 is 6.11. The minimum absolute atomic E-state index is 0.0759. The van der Waals surface area contributed by atoms with Gasteiger partial charge in [0.2, 0.25) is 0 Å². The van der Waals surface area contributed by atoms with Crippen molar-refractivity contribution >= 4 is 22.8 Å². The summed E-state index contributed by atoms with van der Waals surface area (Å²) < 4.78 is 2.93. The zero-order valence-corrected chi connectivity index (χ0v) is 12.7. The van der Waals surface area contributed by atoms with E-state index in [1.165, 1.54) is 10.6 Å². The second-order valence-corrected chi connectivity index (χ2v) is 5.19. The molecule has 0 fully saturated rings. The van der Waals surface area contributed by atoms with Gasteiger partial charge < -0.3 is 9.67 Å². The van der Waals surface area contributed by atoms with Gasteiger partial charge in [0.1, 0.15) is 11.6 Å². The molecule has 0 amide bonds. The molecule has 3 aromatic rings. The summed E-state index contributed by atoms with van der Waals surface area (Å²) in [5, 5.41) is 9.88. The molecule has 0 saturated carbocycles. The molecule has 3 rings (SSSR count). The van der Waals surface area contributed by atoms with E-state index in [-0.39, 0.29) is 21.9 Å². The largest absolute Gasteiger partial charge is 0.506 e. The third kappa shape index (κ3) is 1.93. The number of aromatic hydroxyl groups is 1. The maximum Gasteiger partial charge on any atom is 0.330 e. The Morgan fingerprint density at radius 2 is 2.09 bits per heavy atom. The van der Waals surface area contributed by atoms with Crippen LogP contribution in [-0.2, 0) is 13.6 Å². The Balaban J connectivity index is 2.45. The Bertz CT molecular complexity index is 1000. The van der Waals surface area contributed by atoms with E-state index in [4.69, 9.17) is 11.6 Å². The van der Waals surface area contributed by atoms with Gasteiger partial charge in [-0.25, -0.2) is 9.78 Å². The monoisotopic (exact) mass is 320 g/mol. The molecule has 0 bridgehead atoms. The normalized spacial score (nSPS) is 11.2. The zero-order valence-electron chi connectivity index (χ0n) is 11.9. The van der Waals surface area contributed by atoms with Gasteiger partial charge in [0.25, 0.3) is 5.56 Å². The average molecular weight is 321 g/mol. The van der Waals surface area contributed by atoms with Crippen LogP contribution in [0.5, 0.6) is 5.75 Å². The van der Waals surface area contributed by atoms with Crippen LogP contribution in [0.3, 0.4) is 0 Å². The SMILES string of the molecule is CCn1c(=O)[nH]c(=O)c2c1nc(-c1cccc(O)c1Cl)n2C. The van der Waals surface area contributed by atoms with Gasteiger partial charge in [0.15, 0.2) is 11.2 Å². The van der Waals surface area contributed by atoms with Gasteiger partial charge in [-0.05, 0) is 19.1 Å². The van der Waals surface area contributed by atoms with Gasteiger partial charge in [0.05, 0.1) is 5.02 Å². The molecule has 0 aliphatic heterocycles. The minimum atomic E-state index is -0.512. The Morgan fingerprint density at radius 3 is 2.77 bits per heavy atom. The number of halogens is 1. The Hall–Kier alpha value is -2.54. The molecule has 22 heavy (non-hydrogen) atoms. The maximum absolute atomic E-state index is 12.1. The quantitative estimate of drug-likeness (QED) is 0.747. The van der Waals surface area contributed by atoms with Gasteiger partial charge in [-0.15, -0.1) is 0 Å². The van der Waals surface area contributed by atoms with E-state index < -0.39 is 11.2 Å². The number of hydrogen-bond donors (Lipinski definition) is 2. The third-order valence-electron chi connectivity index (χ3n) is 3.55. The summed E-state index contributed by atoms with van der Waals surface area (Å²) in [6, 6.07) is 4.78. The van der Waals surface area contributed by atoms with Crippen molar-refractivity contribution in [3.05, 3.63) is 44.1 Å². The van der Waals surface area contributed by atoms with E-state index >= 15 is 0 Å². The molecule has 0 aliphatic carbocycles. The van der Waals surface area contributed by atoms with Gasteiger partial charge in [-0.1, -0.05) is 17.7 Å². The molecule has 7 nitrogen and oxygen atoms in total. The number of hydrogen-bond acceptors (Lipinski definition) is 4. The third-order valence-corrected chi connectivity index (χ3v) is 3.95. The number of nitrogens with one attached hydrogen (secondary N) is 1. The fraction of sp³-hybridized carbons (Fsp3) is 0.214. The molecule has 0 spiro atoms. The molecular weight excluding hydrogens is 308 g/mol. The van der Waals surface area contributed by atoms with Crippen molar-refractivity contribution in [1.82, 2.24) is 19.1 Å². The lowest BCUT2D eigenvalue weighted by Gasteiger charge is -2.05. The van der Waals surface area contributed by atoms with Crippen LogP contribution in [-0.4, -0.2) is 24.2 Å². The number of imidazole rings is 1. The predicted molar refractivity (Wildman–Crippen MR) is 83.4 cm³/mol. The first kappa shape index (κ1) is 14.4. The first-order valence-corrected chi connectivity index (χ1v) is 7.01. The Labute approximate surface area is 129 Å². The summed E-state index contributed by atoms with van der Waals surface area (Å²) in [6.07, 6.45) is 0. The number of nitrogens with zero attached hydrogens (tertiary/aromatic N) is 3. The number of aromatic nitrogens is 4. The number of benzene rings is 1. The highest BCUT2D eigenvalue weighted by Gasteiger charge is 2.19. The lowest BCUT2D eigenvalue weighted by molar-refractivity contribution is 0.476. The molecule has 0 saturated heterocycles. The summed E-state index contributed by atoms with van der Waals surface area (Å²) in [4.78, 5) is 30.6. The summed E-state index contributed by atoms with van der Waals surface area (Å²) in [7, 11) is 1.66. The van der Waals surface area contributed by atoms with Crippen molar-refractivity contribution in [2.24, 2.45) is 7.05 Å². The first-order valence-electron chi connectivity index (χ1n) is 6.63. The van der Waals surface area contributed by atoms with Crippen molar-refractivity contribution in [1.29, 1.82) is 0 Å². The second kappa shape index (κ2) is 5.03. The maximum atomic E-state index is 12.1. The fourth-order valence-electron chi connectivity index (χ4n) is 2.47. The number of phenols is 1. The van der Waals surface area contributed by atoms with E-state index in [2.05, 4.69) is 9.97 Å². The predicted octanol–water partition coefficient (Wildman–Crippen LogP) is 1.47. The standard InChI is InChI=1S/C14H13ClN4O3/c1-3-19-12-10(13(21)17-14(19)22)18(2)11(16-12)7-5-4-6-8(20)9(7)15/h4-6,20H,3H2,1-2H3,(H,17,21,22). The van der Waals surface area contributed by atoms with Crippen molar-refractivity contribution in [3.8, 4) is 17.1 Å². The minimum Gasteiger partial charge on any atom is -0.506 e. The van der Waals surface area contributed by atoms with E-state index in [0.717, 1.165) is 0 Å². The molecule has 0 radical (unpaired) electrons. The molecule has 1 aromatic carbocycles. The number of rotatable bonds is 2. The molecular formula is C14H13ClN4O3. The van der Waals surface area contributed by atoms with Gasteiger partial charge in [-0.2, -0.15) is 0 Å². The van der Waals surface area contributed by atoms with Gasteiger partial charge >= 0.3 is 5.69 Å². The topological polar surface area (TPSA) is 92.9 Å². The van der Waals surface area contributed by atoms with Gasteiger partial charge in [-0.3, -0.25) is 14.3 Å². The number of phenolic OH excluding ortho intramolecular Hbond substituents is 1. The Morgan fingerprint density at radius 1 is 1.36 bits per heavy atom. The van der Waals surface area contributed by atoms with E-state index in [9.17, 15) is 14.7 Å². The molecule has 0 atom stereocenters. The highest BCUT2D eigenvalue weighted by atomic mass is 35.5. The highest BCUT2D eigenvalue weighted by Crippen LogP contribution is 2.34. The molecule has 2 heterocycles. The zero-order chi connectivity index (χ0) is 16.0. The lowest BCUT2D eigenvalue weighted by Crippen LogP contribution is -2.30. The molecule has 8 heteroatoms. The van der Waals surface area contributed by atoms with Crippen molar-refractivity contribution < 1.29 is 5.11 Å². The van der Waals surface area contributed by atoms with Crippen LogP contribution in [0.1, 0.15) is 6.92 Å². The van der Waals surface area contributed by atoms with E-state index in [1.807, 2.05) is 0 Å². The summed E-state index contributed by atoms with van der Waals surface area (Å²) in [6.45, 7) is 2.16. The first-order chi connectivity index (χ1) is 10.5.